The Balaban J connectivity index is 1.69. The Labute approximate surface area is 208 Å². The Morgan fingerprint density at radius 1 is 0.917 bits per heavy atom. The average molecular weight is 475 g/mol. The molecule has 0 spiro atoms. The van der Waals surface area contributed by atoms with E-state index in [1.807, 2.05) is 0 Å². The molecular formula is C28H13NO7. The quantitative estimate of drug-likeness (QED) is 0.216. The molecule has 1 aromatic carbocycles. The van der Waals surface area contributed by atoms with Crippen LogP contribution in [0.4, 0.5) is 10.5 Å². The molecule has 0 N–H and O–H groups in total. The maximum Gasteiger partial charge on any atom is 0.513 e. The number of ether oxygens (including phenoxy) is 4. The van der Waals surface area contributed by atoms with E-state index >= 15 is 0 Å². The van der Waals surface area contributed by atoms with E-state index in [0.29, 0.717) is 0 Å². The fraction of sp³-hybridized carbons (Fsp3) is 0.179. The molecule has 1 heterocycles. The van der Waals surface area contributed by atoms with E-state index < -0.39 is 23.5 Å². The maximum atomic E-state index is 11.7. The van der Waals surface area contributed by atoms with Crippen molar-refractivity contribution in [3.05, 3.63) is 34.4 Å². The molecule has 0 aromatic heterocycles. The van der Waals surface area contributed by atoms with Gasteiger partial charge >= 0.3 is 6.16 Å². The first-order valence-electron chi connectivity index (χ1n) is 9.87. The third-order valence-corrected chi connectivity index (χ3v) is 3.51. The zero-order chi connectivity index (χ0) is 25.8. The summed E-state index contributed by atoms with van der Waals surface area (Å²) in [6.45, 7) is 1.70. The van der Waals surface area contributed by atoms with Crippen LogP contribution < -0.4 is 4.74 Å². The van der Waals surface area contributed by atoms with E-state index in [1.54, 1.807) is 6.92 Å². The van der Waals surface area contributed by atoms with Crippen LogP contribution in [-0.2, 0) is 14.2 Å². The zero-order valence-electron chi connectivity index (χ0n) is 18.7. The van der Waals surface area contributed by atoms with Crippen molar-refractivity contribution in [3.63, 3.8) is 0 Å². The van der Waals surface area contributed by atoms with Crippen molar-refractivity contribution >= 4 is 11.8 Å². The molecule has 36 heavy (non-hydrogen) atoms. The summed E-state index contributed by atoms with van der Waals surface area (Å²) in [4.78, 5) is 21.8. The summed E-state index contributed by atoms with van der Waals surface area (Å²) in [5.74, 6) is 40.4. The summed E-state index contributed by atoms with van der Waals surface area (Å²) in [7, 11) is 0. The summed E-state index contributed by atoms with van der Waals surface area (Å²) >= 11 is 0. The molecule has 0 radical (unpaired) electrons. The van der Waals surface area contributed by atoms with Crippen molar-refractivity contribution < 1.29 is 28.7 Å². The number of hydrogen-bond donors (Lipinski definition) is 0. The van der Waals surface area contributed by atoms with E-state index in [0.717, 1.165) is 0 Å². The number of rotatable bonds is 4. The lowest BCUT2D eigenvalue weighted by atomic mass is 10.3. The van der Waals surface area contributed by atoms with E-state index in [2.05, 4.69) is 94.7 Å². The standard InChI is InChI=1S/C28H13NO7/c1-2-3-4-5-6-7-8-9-10-11-12-13-14-15-16-17-27-33-22-26(35-27)23-34-28(30)36-25-20-18-24(19-21-25)29(31)32/h18-21,26-27H,22-23H2,1H3/t26-,27-/m0/s1. The van der Waals surface area contributed by atoms with Gasteiger partial charge in [-0.1, -0.05) is 5.92 Å². The molecule has 0 aliphatic carbocycles. The highest BCUT2D eigenvalue weighted by molar-refractivity contribution is 5.64. The van der Waals surface area contributed by atoms with Crippen LogP contribution in [0.2, 0.25) is 0 Å². The predicted molar refractivity (Wildman–Crippen MR) is 128 cm³/mol. The minimum Gasteiger partial charge on any atom is -0.431 e. The van der Waals surface area contributed by atoms with Gasteiger partial charge in [0.15, 0.2) is 0 Å². The Morgan fingerprint density at radius 2 is 1.44 bits per heavy atom. The fourth-order valence-electron chi connectivity index (χ4n) is 2.07. The molecule has 0 amide bonds. The number of benzene rings is 1. The lowest BCUT2D eigenvalue weighted by Crippen LogP contribution is -2.23. The van der Waals surface area contributed by atoms with Gasteiger partial charge in [-0.05, 0) is 108 Å². The monoisotopic (exact) mass is 475 g/mol. The van der Waals surface area contributed by atoms with Crippen molar-refractivity contribution in [1.82, 2.24) is 0 Å². The lowest BCUT2D eigenvalue weighted by Gasteiger charge is -2.09. The zero-order valence-corrected chi connectivity index (χ0v) is 18.7. The number of carbonyl (C=O) groups excluding carboxylic acids is 1. The van der Waals surface area contributed by atoms with Gasteiger partial charge in [-0.3, -0.25) is 10.1 Å². The van der Waals surface area contributed by atoms with Gasteiger partial charge in [0.25, 0.3) is 5.69 Å². The maximum absolute atomic E-state index is 11.7. The Morgan fingerprint density at radius 3 is 1.97 bits per heavy atom. The molecule has 2 atom stereocenters. The summed E-state index contributed by atoms with van der Waals surface area (Å²) in [5.41, 5.74) is -0.127. The van der Waals surface area contributed by atoms with Gasteiger partial charge in [0.1, 0.15) is 18.5 Å². The first-order valence-corrected chi connectivity index (χ1v) is 9.87. The number of nitrogens with zero attached hydrogens (tertiary/aromatic N) is 1. The van der Waals surface area contributed by atoms with Crippen molar-refractivity contribution in [2.75, 3.05) is 13.2 Å². The van der Waals surface area contributed by atoms with E-state index in [1.165, 1.54) is 24.3 Å². The molecule has 1 saturated heterocycles. The van der Waals surface area contributed by atoms with Gasteiger partial charge in [-0.25, -0.2) is 4.79 Å². The topological polar surface area (TPSA) is 97.1 Å². The SMILES string of the molecule is CC#CC#CC#CC#CC#CC#CC#CC#C[C@H]1OC[C@@H](COC(=O)Oc2ccc([N+](=O)[O-])cc2)O1. The average Bonchev–Trinajstić information content (AvgIpc) is 3.33. The lowest BCUT2D eigenvalue weighted by molar-refractivity contribution is -0.384. The van der Waals surface area contributed by atoms with Crippen LogP contribution in [0.25, 0.3) is 0 Å². The molecule has 8 heteroatoms. The molecule has 1 aromatic rings. The minimum absolute atomic E-state index is 0.104. The molecule has 1 aliphatic heterocycles. The normalized spacial score (nSPS) is 13.7. The summed E-state index contributed by atoms with van der Waals surface area (Å²) in [6.07, 6.45) is -2.36. The van der Waals surface area contributed by atoms with Gasteiger partial charge in [0.2, 0.25) is 6.29 Å². The van der Waals surface area contributed by atoms with E-state index in [-0.39, 0.29) is 24.7 Å². The van der Waals surface area contributed by atoms with E-state index in [4.69, 9.17) is 18.9 Å². The smallest absolute Gasteiger partial charge is 0.431 e. The number of nitro groups is 1. The Hall–Kier alpha value is -5.71. The Bertz CT molecular complexity index is 1500. The molecule has 0 saturated carbocycles. The molecule has 1 fully saturated rings. The summed E-state index contributed by atoms with van der Waals surface area (Å²) in [5, 5.41) is 10.6. The second kappa shape index (κ2) is 16.0. The predicted octanol–water partition coefficient (Wildman–Crippen LogP) is 1.90. The third-order valence-electron chi connectivity index (χ3n) is 3.51. The van der Waals surface area contributed by atoms with Gasteiger partial charge < -0.3 is 18.9 Å². The van der Waals surface area contributed by atoms with Crippen LogP contribution in [0.3, 0.4) is 0 Å². The highest BCUT2D eigenvalue weighted by Gasteiger charge is 2.26. The minimum atomic E-state index is -0.986. The van der Waals surface area contributed by atoms with Crippen molar-refractivity contribution in [2.24, 2.45) is 0 Å². The van der Waals surface area contributed by atoms with Crippen molar-refractivity contribution in [2.45, 2.75) is 19.3 Å². The number of hydrogen-bond acceptors (Lipinski definition) is 7. The molecule has 2 rings (SSSR count). The van der Waals surface area contributed by atoms with Gasteiger partial charge in [0, 0.05) is 12.1 Å². The van der Waals surface area contributed by atoms with Crippen LogP contribution in [0, 0.1) is 105 Å². The van der Waals surface area contributed by atoms with Crippen LogP contribution in [-0.4, -0.2) is 36.7 Å². The largest absolute Gasteiger partial charge is 0.513 e. The Kier molecular flexibility index (Phi) is 11.8. The van der Waals surface area contributed by atoms with E-state index in [9.17, 15) is 14.9 Å². The second-order valence-corrected chi connectivity index (χ2v) is 5.98. The first-order chi connectivity index (χ1) is 17.6. The van der Waals surface area contributed by atoms with Crippen molar-refractivity contribution in [1.29, 1.82) is 0 Å². The molecule has 172 valence electrons. The van der Waals surface area contributed by atoms with Crippen LogP contribution in [0.1, 0.15) is 6.92 Å². The molecular weight excluding hydrogens is 462 g/mol. The fourth-order valence-corrected chi connectivity index (χ4v) is 2.07. The second-order valence-electron chi connectivity index (χ2n) is 5.98. The van der Waals surface area contributed by atoms with Crippen LogP contribution >= 0.6 is 0 Å². The highest BCUT2D eigenvalue weighted by atomic mass is 16.8. The van der Waals surface area contributed by atoms with Crippen LogP contribution in [0.5, 0.6) is 5.75 Å². The third kappa shape index (κ3) is 11.2. The van der Waals surface area contributed by atoms with Crippen LogP contribution in [0.15, 0.2) is 24.3 Å². The van der Waals surface area contributed by atoms with Gasteiger partial charge in [-0.2, -0.15) is 0 Å². The summed E-state index contributed by atoms with van der Waals surface area (Å²) in [6, 6.07) is 4.98. The van der Waals surface area contributed by atoms with Gasteiger partial charge in [0.05, 0.1) is 11.5 Å². The highest BCUT2D eigenvalue weighted by Crippen LogP contribution is 2.18. The number of nitro benzene ring substituents is 1. The molecule has 8 nitrogen and oxygen atoms in total. The molecule has 1 aliphatic rings. The number of carbonyl (C=O) groups is 1. The van der Waals surface area contributed by atoms with Crippen molar-refractivity contribution in [3.8, 4) is 100 Å². The molecule has 0 unspecified atom stereocenters. The summed E-state index contributed by atoms with van der Waals surface area (Å²) < 4.78 is 20.6. The molecule has 0 bridgehead atoms. The van der Waals surface area contributed by atoms with Gasteiger partial charge in [-0.15, -0.1) is 0 Å². The first kappa shape index (κ1) is 26.5. The number of non-ortho nitro benzene ring substituents is 1.